The number of benzene rings is 1. The quantitative estimate of drug-likeness (QED) is 0.839. The molecule has 4 heteroatoms. The Kier molecular flexibility index (Phi) is 3.87. The monoisotopic (exact) mass is 247 g/mol. The normalized spacial score (nSPS) is 23.9. The highest BCUT2D eigenvalue weighted by Gasteiger charge is 2.33. The summed E-state index contributed by atoms with van der Waals surface area (Å²) in [5.41, 5.74) is 7.97. The molecule has 18 heavy (non-hydrogen) atoms. The Balaban J connectivity index is 2.36. The summed E-state index contributed by atoms with van der Waals surface area (Å²) < 4.78 is 0. The van der Waals surface area contributed by atoms with Crippen molar-refractivity contribution in [2.24, 2.45) is 5.73 Å². The molecule has 0 aliphatic carbocycles. The van der Waals surface area contributed by atoms with Crippen molar-refractivity contribution in [1.82, 2.24) is 5.32 Å². The van der Waals surface area contributed by atoms with Crippen LogP contribution in [0.2, 0.25) is 0 Å². The maximum Gasteiger partial charge on any atom is 0.242 e. The van der Waals surface area contributed by atoms with E-state index in [-0.39, 0.29) is 11.9 Å². The first-order chi connectivity index (χ1) is 8.65. The van der Waals surface area contributed by atoms with Crippen LogP contribution in [0.15, 0.2) is 24.3 Å². The summed E-state index contributed by atoms with van der Waals surface area (Å²) in [6.45, 7) is 5.42. The van der Waals surface area contributed by atoms with Crippen LogP contribution in [0.25, 0.3) is 0 Å². The Morgan fingerprint density at radius 3 is 2.83 bits per heavy atom. The number of anilines is 1. The van der Waals surface area contributed by atoms with E-state index in [1.807, 2.05) is 12.1 Å². The molecule has 0 bridgehead atoms. The van der Waals surface area contributed by atoms with Crippen LogP contribution in [0.1, 0.15) is 18.9 Å². The molecule has 0 spiro atoms. The summed E-state index contributed by atoms with van der Waals surface area (Å²) in [4.78, 5) is 14.2. The SMILES string of the molecule is Cc1ccccc1N1C(C)CNC(=O)C1CCN. The third-order valence-electron chi connectivity index (χ3n) is 3.52. The van der Waals surface area contributed by atoms with Crippen LogP contribution in [0.4, 0.5) is 5.69 Å². The van der Waals surface area contributed by atoms with E-state index in [9.17, 15) is 4.79 Å². The van der Waals surface area contributed by atoms with Crippen LogP contribution in [-0.2, 0) is 4.79 Å². The van der Waals surface area contributed by atoms with Crippen molar-refractivity contribution < 1.29 is 4.79 Å². The number of hydrogen-bond acceptors (Lipinski definition) is 3. The molecule has 1 amide bonds. The van der Waals surface area contributed by atoms with E-state index in [4.69, 9.17) is 5.73 Å². The number of piperazine rings is 1. The first-order valence-electron chi connectivity index (χ1n) is 6.47. The third-order valence-corrected chi connectivity index (χ3v) is 3.52. The van der Waals surface area contributed by atoms with Crippen molar-refractivity contribution in [2.75, 3.05) is 18.0 Å². The molecule has 98 valence electrons. The van der Waals surface area contributed by atoms with E-state index in [0.717, 1.165) is 5.69 Å². The van der Waals surface area contributed by atoms with E-state index in [0.29, 0.717) is 25.6 Å². The molecule has 0 saturated carbocycles. The summed E-state index contributed by atoms with van der Waals surface area (Å²) in [6, 6.07) is 8.33. The zero-order valence-corrected chi connectivity index (χ0v) is 11.0. The Labute approximate surface area is 108 Å². The van der Waals surface area contributed by atoms with Gasteiger partial charge in [0.2, 0.25) is 5.91 Å². The largest absolute Gasteiger partial charge is 0.355 e. The van der Waals surface area contributed by atoms with Crippen LogP contribution in [0, 0.1) is 6.92 Å². The molecular weight excluding hydrogens is 226 g/mol. The van der Waals surface area contributed by atoms with Crippen molar-refractivity contribution >= 4 is 11.6 Å². The van der Waals surface area contributed by atoms with E-state index >= 15 is 0 Å². The molecular formula is C14H21N3O. The molecule has 1 aliphatic rings. The summed E-state index contributed by atoms with van der Waals surface area (Å²) in [7, 11) is 0. The molecule has 2 atom stereocenters. The van der Waals surface area contributed by atoms with Gasteiger partial charge in [-0.2, -0.15) is 0 Å². The molecule has 4 nitrogen and oxygen atoms in total. The highest BCUT2D eigenvalue weighted by molar-refractivity contribution is 5.87. The van der Waals surface area contributed by atoms with Gasteiger partial charge in [0.1, 0.15) is 6.04 Å². The maximum atomic E-state index is 12.0. The minimum Gasteiger partial charge on any atom is -0.355 e. The minimum atomic E-state index is -0.153. The number of carbonyl (C=O) groups is 1. The molecule has 2 unspecified atom stereocenters. The fourth-order valence-corrected chi connectivity index (χ4v) is 2.58. The molecule has 1 aromatic carbocycles. The topological polar surface area (TPSA) is 58.4 Å². The Hall–Kier alpha value is -1.55. The van der Waals surface area contributed by atoms with E-state index in [1.54, 1.807) is 0 Å². The van der Waals surface area contributed by atoms with Gasteiger partial charge in [0.05, 0.1) is 0 Å². The van der Waals surface area contributed by atoms with Crippen LogP contribution in [-0.4, -0.2) is 31.1 Å². The highest BCUT2D eigenvalue weighted by atomic mass is 16.2. The molecule has 2 rings (SSSR count). The second-order valence-corrected chi connectivity index (χ2v) is 4.88. The zero-order chi connectivity index (χ0) is 13.1. The van der Waals surface area contributed by atoms with Gasteiger partial charge in [0, 0.05) is 18.3 Å². The third kappa shape index (κ3) is 2.34. The fraction of sp³-hybridized carbons (Fsp3) is 0.500. The number of nitrogens with two attached hydrogens (primary N) is 1. The number of para-hydroxylation sites is 1. The predicted molar refractivity (Wildman–Crippen MR) is 73.6 cm³/mol. The lowest BCUT2D eigenvalue weighted by Crippen LogP contribution is -2.60. The Bertz CT molecular complexity index is 433. The van der Waals surface area contributed by atoms with Crippen LogP contribution in [0.5, 0.6) is 0 Å². The van der Waals surface area contributed by atoms with Crippen LogP contribution < -0.4 is 16.0 Å². The number of amides is 1. The number of aryl methyl sites for hydroxylation is 1. The zero-order valence-electron chi connectivity index (χ0n) is 11.0. The van der Waals surface area contributed by atoms with Crippen molar-refractivity contribution in [3.63, 3.8) is 0 Å². The second kappa shape index (κ2) is 5.40. The molecule has 1 saturated heterocycles. The number of nitrogens with one attached hydrogen (secondary N) is 1. The standard InChI is InChI=1S/C14H21N3O/c1-10-5-3-4-6-12(10)17-11(2)9-16-14(18)13(17)7-8-15/h3-6,11,13H,7-9,15H2,1-2H3,(H,16,18). The molecule has 0 aromatic heterocycles. The minimum absolute atomic E-state index is 0.0850. The lowest BCUT2D eigenvalue weighted by atomic mass is 10.0. The number of hydrogen-bond donors (Lipinski definition) is 2. The molecule has 1 heterocycles. The van der Waals surface area contributed by atoms with E-state index in [1.165, 1.54) is 5.56 Å². The fourth-order valence-electron chi connectivity index (χ4n) is 2.58. The average Bonchev–Trinajstić information content (AvgIpc) is 2.36. The summed E-state index contributed by atoms with van der Waals surface area (Å²) >= 11 is 0. The van der Waals surface area contributed by atoms with Crippen LogP contribution >= 0.6 is 0 Å². The Morgan fingerprint density at radius 1 is 1.44 bits per heavy atom. The van der Waals surface area contributed by atoms with Gasteiger partial charge in [-0.05, 0) is 38.4 Å². The van der Waals surface area contributed by atoms with Gasteiger partial charge in [0.15, 0.2) is 0 Å². The summed E-state index contributed by atoms with van der Waals surface area (Å²) in [5.74, 6) is 0.0850. The maximum absolute atomic E-state index is 12.0. The number of carbonyl (C=O) groups excluding carboxylic acids is 1. The number of nitrogens with zero attached hydrogens (tertiary/aromatic N) is 1. The van der Waals surface area contributed by atoms with Gasteiger partial charge >= 0.3 is 0 Å². The lowest BCUT2D eigenvalue weighted by Gasteiger charge is -2.42. The van der Waals surface area contributed by atoms with Gasteiger partial charge < -0.3 is 16.0 Å². The predicted octanol–water partition coefficient (Wildman–Crippen LogP) is 1.04. The molecule has 1 fully saturated rings. The highest BCUT2D eigenvalue weighted by Crippen LogP contribution is 2.26. The molecule has 1 aliphatic heterocycles. The Morgan fingerprint density at radius 2 is 2.17 bits per heavy atom. The smallest absolute Gasteiger partial charge is 0.242 e. The first kappa shape index (κ1) is 12.9. The van der Waals surface area contributed by atoms with Gasteiger partial charge in [0.25, 0.3) is 0 Å². The van der Waals surface area contributed by atoms with E-state index < -0.39 is 0 Å². The molecule has 3 N–H and O–H groups in total. The van der Waals surface area contributed by atoms with Crippen molar-refractivity contribution in [1.29, 1.82) is 0 Å². The first-order valence-corrected chi connectivity index (χ1v) is 6.47. The van der Waals surface area contributed by atoms with Crippen LogP contribution in [0.3, 0.4) is 0 Å². The number of rotatable bonds is 3. The molecule has 0 radical (unpaired) electrons. The van der Waals surface area contributed by atoms with Gasteiger partial charge in [-0.3, -0.25) is 4.79 Å². The van der Waals surface area contributed by atoms with Crippen molar-refractivity contribution in [2.45, 2.75) is 32.4 Å². The summed E-state index contributed by atoms with van der Waals surface area (Å²) in [6.07, 6.45) is 0.685. The van der Waals surface area contributed by atoms with Crippen molar-refractivity contribution in [3.8, 4) is 0 Å². The van der Waals surface area contributed by atoms with E-state index in [2.05, 4.69) is 36.2 Å². The average molecular weight is 247 g/mol. The van der Waals surface area contributed by atoms with Crippen molar-refractivity contribution in [3.05, 3.63) is 29.8 Å². The van der Waals surface area contributed by atoms with Gasteiger partial charge in [-0.15, -0.1) is 0 Å². The molecule has 1 aromatic rings. The second-order valence-electron chi connectivity index (χ2n) is 4.88. The lowest BCUT2D eigenvalue weighted by molar-refractivity contribution is -0.123. The van der Waals surface area contributed by atoms with Gasteiger partial charge in [-0.25, -0.2) is 0 Å². The summed E-state index contributed by atoms with van der Waals surface area (Å²) in [5, 5.41) is 2.95. The van der Waals surface area contributed by atoms with Gasteiger partial charge in [-0.1, -0.05) is 18.2 Å².